The van der Waals surface area contributed by atoms with Gasteiger partial charge in [0.25, 0.3) is 0 Å². The van der Waals surface area contributed by atoms with Crippen molar-refractivity contribution < 1.29 is 9.53 Å². The molecule has 1 atom stereocenters. The fourth-order valence-electron chi connectivity index (χ4n) is 2.16. The Bertz CT molecular complexity index is 442. The van der Waals surface area contributed by atoms with E-state index in [0.29, 0.717) is 19.7 Å². The first-order chi connectivity index (χ1) is 9.19. The lowest BCUT2D eigenvalue weighted by molar-refractivity contribution is -0.136. The molecule has 0 bridgehead atoms. The summed E-state index contributed by atoms with van der Waals surface area (Å²) < 4.78 is 5.67. The highest BCUT2D eigenvalue weighted by molar-refractivity contribution is 6.27. The minimum absolute atomic E-state index is 0.0205. The molecule has 1 unspecified atom stereocenters. The Morgan fingerprint density at radius 1 is 1.58 bits per heavy atom. The first-order valence-electron chi connectivity index (χ1n) is 6.42. The molecular weight excluding hydrogens is 266 g/mol. The Hall–Kier alpha value is -1.20. The molecule has 1 aromatic heterocycles. The first kappa shape index (κ1) is 14.2. The van der Waals surface area contributed by atoms with Gasteiger partial charge in [0.15, 0.2) is 0 Å². The summed E-state index contributed by atoms with van der Waals surface area (Å²) in [5.74, 6) is 0.0190. The number of aryl methyl sites for hydroxylation is 2. The summed E-state index contributed by atoms with van der Waals surface area (Å²) in [5.41, 5.74) is 1.98. The van der Waals surface area contributed by atoms with Gasteiger partial charge in [0.2, 0.25) is 5.91 Å². The number of hydrogen-bond donors (Lipinski definition) is 0. The molecule has 104 valence electrons. The number of aromatic nitrogens is 2. The molecule has 1 aliphatic rings. The van der Waals surface area contributed by atoms with Gasteiger partial charge < -0.3 is 9.64 Å². The van der Waals surface area contributed by atoms with Gasteiger partial charge in [-0.1, -0.05) is 0 Å². The molecule has 0 N–H and O–H groups in total. The SMILES string of the molecule is Cc1cc(CCC2CN(C(=O)CCl)CCO2)ncn1. The maximum atomic E-state index is 11.5. The van der Waals surface area contributed by atoms with E-state index in [1.165, 1.54) is 0 Å². The van der Waals surface area contributed by atoms with Crippen LogP contribution in [-0.4, -0.2) is 52.5 Å². The fraction of sp³-hybridized carbons (Fsp3) is 0.615. The van der Waals surface area contributed by atoms with Crippen molar-refractivity contribution in [1.29, 1.82) is 0 Å². The molecule has 0 spiro atoms. The van der Waals surface area contributed by atoms with Crippen molar-refractivity contribution >= 4 is 17.5 Å². The Morgan fingerprint density at radius 2 is 2.42 bits per heavy atom. The molecule has 19 heavy (non-hydrogen) atoms. The molecule has 0 saturated carbocycles. The molecule has 1 saturated heterocycles. The van der Waals surface area contributed by atoms with E-state index in [4.69, 9.17) is 16.3 Å². The van der Waals surface area contributed by atoms with Crippen LogP contribution in [0.25, 0.3) is 0 Å². The van der Waals surface area contributed by atoms with Gasteiger partial charge in [-0.2, -0.15) is 0 Å². The lowest BCUT2D eigenvalue weighted by atomic mass is 10.1. The third kappa shape index (κ3) is 4.14. The second-order valence-electron chi connectivity index (χ2n) is 4.66. The van der Waals surface area contributed by atoms with E-state index in [1.807, 2.05) is 13.0 Å². The molecule has 1 aromatic rings. The molecule has 0 aliphatic carbocycles. The Balaban J connectivity index is 1.84. The molecule has 2 heterocycles. The first-order valence-corrected chi connectivity index (χ1v) is 6.95. The number of carbonyl (C=O) groups is 1. The van der Waals surface area contributed by atoms with Gasteiger partial charge in [0.1, 0.15) is 12.2 Å². The second-order valence-corrected chi connectivity index (χ2v) is 4.92. The van der Waals surface area contributed by atoms with Gasteiger partial charge >= 0.3 is 0 Å². The third-order valence-corrected chi connectivity index (χ3v) is 3.42. The molecule has 5 nitrogen and oxygen atoms in total. The number of hydrogen-bond acceptors (Lipinski definition) is 4. The van der Waals surface area contributed by atoms with E-state index in [-0.39, 0.29) is 17.9 Å². The molecule has 1 amide bonds. The van der Waals surface area contributed by atoms with Crippen LogP contribution in [0.1, 0.15) is 17.8 Å². The van der Waals surface area contributed by atoms with Crippen molar-refractivity contribution in [3.05, 3.63) is 23.8 Å². The molecular formula is C13H18ClN3O2. The van der Waals surface area contributed by atoms with E-state index in [0.717, 1.165) is 24.2 Å². The highest BCUT2D eigenvalue weighted by atomic mass is 35.5. The average molecular weight is 284 g/mol. The lowest BCUT2D eigenvalue weighted by Crippen LogP contribution is -2.46. The van der Waals surface area contributed by atoms with E-state index in [9.17, 15) is 4.79 Å². The van der Waals surface area contributed by atoms with E-state index < -0.39 is 0 Å². The number of halogens is 1. The lowest BCUT2D eigenvalue weighted by Gasteiger charge is -2.32. The maximum Gasteiger partial charge on any atom is 0.237 e. The third-order valence-electron chi connectivity index (χ3n) is 3.19. The smallest absolute Gasteiger partial charge is 0.237 e. The quantitative estimate of drug-likeness (QED) is 0.779. The Kier molecular flexibility index (Phi) is 5.10. The van der Waals surface area contributed by atoms with Crippen molar-refractivity contribution in [3.8, 4) is 0 Å². The molecule has 0 radical (unpaired) electrons. The fourth-order valence-corrected chi connectivity index (χ4v) is 2.33. The molecule has 1 fully saturated rings. The van der Waals surface area contributed by atoms with Gasteiger partial charge in [-0.3, -0.25) is 4.79 Å². The number of morpholine rings is 1. The Labute approximate surface area is 117 Å². The van der Waals surface area contributed by atoms with Gasteiger partial charge in [-0.25, -0.2) is 9.97 Å². The maximum absolute atomic E-state index is 11.5. The summed E-state index contributed by atoms with van der Waals surface area (Å²) in [6.07, 6.45) is 3.33. The monoisotopic (exact) mass is 283 g/mol. The van der Waals surface area contributed by atoms with Crippen molar-refractivity contribution in [2.45, 2.75) is 25.9 Å². The summed E-state index contributed by atoms with van der Waals surface area (Å²) in [7, 11) is 0. The highest BCUT2D eigenvalue weighted by Gasteiger charge is 2.23. The standard InChI is InChI=1S/C13H18ClN3O2/c1-10-6-11(16-9-15-10)2-3-12-8-17(4-5-19-12)13(18)7-14/h6,9,12H,2-5,7-8H2,1H3. The van der Waals surface area contributed by atoms with Gasteiger partial charge in [-0.15, -0.1) is 11.6 Å². The van der Waals surface area contributed by atoms with E-state index in [1.54, 1.807) is 11.2 Å². The molecule has 1 aliphatic heterocycles. The van der Waals surface area contributed by atoms with Gasteiger partial charge in [0.05, 0.1) is 12.7 Å². The summed E-state index contributed by atoms with van der Waals surface area (Å²) in [6.45, 7) is 3.78. The number of rotatable bonds is 4. The van der Waals surface area contributed by atoms with Crippen LogP contribution in [0.5, 0.6) is 0 Å². The van der Waals surface area contributed by atoms with Crippen LogP contribution in [-0.2, 0) is 16.0 Å². The van der Waals surface area contributed by atoms with Crippen LogP contribution in [0.15, 0.2) is 12.4 Å². The summed E-state index contributed by atoms with van der Waals surface area (Å²) in [5, 5.41) is 0. The number of nitrogens with zero attached hydrogens (tertiary/aromatic N) is 3. The predicted octanol–water partition coefficient (Wildman–Crippen LogP) is 1.18. The minimum Gasteiger partial charge on any atom is -0.375 e. The van der Waals surface area contributed by atoms with Crippen LogP contribution in [0.3, 0.4) is 0 Å². The van der Waals surface area contributed by atoms with Crippen LogP contribution in [0.4, 0.5) is 0 Å². The highest BCUT2D eigenvalue weighted by Crippen LogP contribution is 2.12. The molecule has 2 rings (SSSR count). The predicted molar refractivity (Wildman–Crippen MR) is 72.1 cm³/mol. The van der Waals surface area contributed by atoms with Crippen molar-refractivity contribution in [2.75, 3.05) is 25.6 Å². The molecule has 6 heteroatoms. The van der Waals surface area contributed by atoms with Crippen LogP contribution < -0.4 is 0 Å². The normalized spacial score (nSPS) is 19.5. The van der Waals surface area contributed by atoms with Gasteiger partial charge in [-0.05, 0) is 25.8 Å². The van der Waals surface area contributed by atoms with Gasteiger partial charge in [0, 0.05) is 24.5 Å². The minimum atomic E-state index is -0.0205. The van der Waals surface area contributed by atoms with Crippen LogP contribution in [0.2, 0.25) is 0 Å². The van der Waals surface area contributed by atoms with E-state index in [2.05, 4.69) is 9.97 Å². The largest absolute Gasteiger partial charge is 0.375 e. The van der Waals surface area contributed by atoms with Crippen molar-refractivity contribution in [1.82, 2.24) is 14.9 Å². The number of alkyl halides is 1. The summed E-state index contributed by atoms with van der Waals surface area (Å²) in [6, 6.07) is 1.98. The van der Waals surface area contributed by atoms with E-state index >= 15 is 0 Å². The van der Waals surface area contributed by atoms with Crippen LogP contribution >= 0.6 is 11.6 Å². The summed E-state index contributed by atoms with van der Waals surface area (Å²) >= 11 is 5.57. The van der Waals surface area contributed by atoms with Crippen LogP contribution in [0, 0.1) is 6.92 Å². The number of amides is 1. The van der Waals surface area contributed by atoms with Crippen molar-refractivity contribution in [3.63, 3.8) is 0 Å². The Morgan fingerprint density at radius 3 is 3.16 bits per heavy atom. The summed E-state index contributed by atoms with van der Waals surface area (Å²) in [4.78, 5) is 21.6. The second kappa shape index (κ2) is 6.82. The number of ether oxygens (including phenoxy) is 1. The zero-order valence-electron chi connectivity index (χ0n) is 11.0. The average Bonchev–Trinajstić information content (AvgIpc) is 2.45. The number of carbonyl (C=O) groups excluding carboxylic acids is 1. The zero-order valence-corrected chi connectivity index (χ0v) is 11.8. The molecule has 0 aromatic carbocycles. The topological polar surface area (TPSA) is 55.3 Å². The van der Waals surface area contributed by atoms with Crippen molar-refractivity contribution in [2.24, 2.45) is 0 Å². The zero-order chi connectivity index (χ0) is 13.7.